The molecule has 0 radical (unpaired) electrons. The molecular formula is C12H12ClFN2OS. The van der Waals surface area contributed by atoms with E-state index in [0.717, 1.165) is 11.3 Å². The molecule has 0 amide bonds. The average molecular weight is 287 g/mol. The van der Waals surface area contributed by atoms with E-state index in [2.05, 4.69) is 9.97 Å². The van der Waals surface area contributed by atoms with E-state index in [-0.39, 0.29) is 5.02 Å². The zero-order chi connectivity index (χ0) is 13.3. The summed E-state index contributed by atoms with van der Waals surface area (Å²) in [5.74, 6) is 0.219. The van der Waals surface area contributed by atoms with E-state index in [1.807, 2.05) is 6.92 Å². The minimum absolute atomic E-state index is 0.102. The molecule has 96 valence electrons. The number of H-pyrrole nitrogens is 1. The molecule has 1 unspecified atom stereocenters. The van der Waals surface area contributed by atoms with Crippen LogP contribution in [0.4, 0.5) is 4.39 Å². The summed E-state index contributed by atoms with van der Waals surface area (Å²) in [6, 6.07) is 4.63. The highest BCUT2D eigenvalue weighted by Crippen LogP contribution is 2.18. The zero-order valence-electron chi connectivity index (χ0n) is 9.96. The van der Waals surface area contributed by atoms with Crippen molar-refractivity contribution in [1.82, 2.24) is 9.97 Å². The minimum Gasteiger partial charge on any atom is -0.345 e. The van der Waals surface area contributed by atoms with Crippen LogP contribution in [0.1, 0.15) is 17.1 Å². The van der Waals surface area contributed by atoms with Crippen molar-refractivity contribution in [3.8, 4) is 0 Å². The maximum Gasteiger partial charge on any atom is 0.147 e. The topological polar surface area (TPSA) is 45.8 Å². The molecule has 2 aromatic rings. The molecule has 1 atom stereocenters. The lowest BCUT2D eigenvalue weighted by molar-refractivity contribution is 0.626. The number of nitrogens with zero attached hydrogens (tertiary/aromatic N) is 1. The number of aromatic nitrogens is 2. The molecule has 0 aliphatic heterocycles. The Morgan fingerprint density at radius 3 is 2.78 bits per heavy atom. The van der Waals surface area contributed by atoms with Gasteiger partial charge in [-0.15, -0.1) is 0 Å². The summed E-state index contributed by atoms with van der Waals surface area (Å²) in [5, 5.41) is 0.643. The Labute approximate surface area is 112 Å². The van der Waals surface area contributed by atoms with Crippen LogP contribution in [0, 0.1) is 12.7 Å². The van der Waals surface area contributed by atoms with Crippen LogP contribution in [0.25, 0.3) is 0 Å². The van der Waals surface area contributed by atoms with E-state index in [4.69, 9.17) is 11.6 Å². The van der Waals surface area contributed by atoms with Gasteiger partial charge in [-0.05, 0) is 24.6 Å². The van der Waals surface area contributed by atoms with Gasteiger partial charge in [-0.1, -0.05) is 17.7 Å². The highest BCUT2D eigenvalue weighted by Gasteiger charge is 2.10. The van der Waals surface area contributed by atoms with Crippen molar-refractivity contribution in [2.24, 2.45) is 0 Å². The Hall–Kier alpha value is -1.20. The monoisotopic (exact) mass is 286 g/mol. The van der Waals surface area contributed by atoms with Gasteiger partial charge in [0.2, 0.25) is 0 Å². The second kappa shape index (κ2) is 5.20. The summed E-state index contributed by atoms with van der Waals surface area (Å²) in [5.41, 5.74) is 1.54. The first-order chi connectivity index (χ1) is 8.47. The predicted octanol–water partition coefficient (Wildman–Crippen LogP) is 2.84. The van der Waals surface area contributed by atoms with Gasteiger partial charge in [0, 0.05) is 18.4 Å². The number of benzene rings is 1. The van der Waals surface area contributed by atoms with Crippen molar-refractivity contribution in [3.63, 3.8) is 0 Å². The average Bonchev–Trinajstić information content (AvgIpc) is 2.65. The van der Waals surface area contributed by atoms with Crippen LogP contribution >= 0.6 is 11.6 Å². The van der Waals surface area contributed by atoms with Gasteiger partial charge in [0.25, 0.3) is 0 Å². The largest absolute Gasteiger partial charge is 0.345 e. The molecule has 0 aliphatic carbocycles. The molecule has 0 saturated heterocycles. The lowest BCUT2D eigenvalue weighted by Crippen LogP contribution is -1.93. The maximum atomic E-state index is 13.3. The van der Waals surface area contributed by atoms with E-state index in [1.54, 1.807) is 12.3 Å². The van der Waals surface area contributed by atoms with Crippen molar-refractivity contribution in [2.75, 3.05) is 6.26 Å². The first-order valence-electron chi connectivity index (χ1n) is 5.30. The maximum absolute atomic E-state index is 13.3. The molecule has 1 N–H and O–H groups in total. The lowest BCUT2D eigenvalue weighted by atomic mass is 10.1. The molecule has 1 aromatic heterocycles. The Morgan fingerprint density at radius 1 is 1.50 bits per heavy atom. The number of aromatic amines is 1. The second-order valence-electron chi connectivity index (χ2n) is 3.99. The zero-order valence-corrected chi connectivity index (χ0v) is 11.5. The molecular weight excluding hydrogens is 275 g/mol. The third-order valence-corrected chi connectivity index (χ3v) is 3.77. The van der Waals surface area contributed by atoms with Gasteiger partial charge in [0.1, 0.15) is 16.7 Å². The third kappa shape index (κ3) is 2.79. The summed E-state index contributed by atoms with van der Waals surface area (Å²) in [6.07, 6.45) is 2.03. The molecule has 0 aliphatic rings. The summed E-state index contributed by atoms with van der Waals surface area (Å²) >= 11 is 5.62. The first-order valence-corrected chi connectivity index (χ1v) is 7.24. The van der Waals surface area contributed by atoms with Gasteiger partial charge < -0.3 is 4.98 Å². The fourth-order valence-electron chi connectivity index (χ4n) is 1.71. The van der Waals surface area contributed by atoms with E-state index >= 15 is 0 Å². The molecule has 0 fully saturated rings. The summed E-state index contributed by atoms with van der Waals surface area (Å²) in [7, 11) is -1.12. The van der Waals surface area contributed by atoms with Crippen LogP contribution in [-0.2, 0) is 17.2 Å². The van der Waals surface area contributed by atoms with Crippen molar-refractivity contribution in [1.29, 1.82) is 0 Å². The predicted molar refractivity (Wildman–Crippen MR) is 69.9 cm³/mol. The lowest BCUT2D eigenvalue weighted by Gasteiger charge is -2.00. The standard InChI is InChI=1S/C12H12ClFN2OS/c1-7-12(18(2)17)16-11(15-7)6-8-3-4-9(13)10(14)5-8/h3-5H,6H2,1-2H3,(H,15,16). The number of nitrogens with one attached hydrogen (secondary N) is 1. The highest BCUT2D eigenvalue weighted by molar-refractivity contribution is 7.84. The number of hydrogen-bond donors (Lipinski definition) is 1. The summed E-state index contributed by atoms with van der Waals surface area (Å²) < 4.78 is 24.7. The quantitative estimate of drug-likeness (QED) is 0.943. The van der Waals surface area contributed by atoms with Gasteiger partial charge in [0.15, 0.2) is 0 Å². The molecule has 18 heavy (non-hydrogen) atoms. The van der Waals surface area contributed by atoms with Gasteiger partial charge in [0.05, 0.1) is 15.8 Å². The van der Waals surface area contributed by atoms with E-state index < -0.39 is 16.6 Å². The number of aryl methyl sites for hydroxylation is 1. The Bertz CT molecular complexity index is 612. The van der Waals surface area contributed by atoms with Crippen molar-refractivity contribution >= 4 is 22.4 Å². The minimum atomic E-state index is -1.12. The van der Waals surface area contributed by atoms with Crippen molar-refractivity contribution < 1.29 is 8.60 Å². The van der Waals surface area contributed by atoms with E-state index in [9.17, 15) is 8.60 Å². The fraction of sp³-hybridized carbons (Fsp3) is 0.250. The third-order valence-electron chi connectivity index (χ3n) is 2.52. The van der Waals surface area contributed by atoms with E-state index in [1.165, 1.54) is 12.1 Å². The highest BCUT2D eigenvalue weighted by atomic mass is 35.5. The molecule has 0 spiro atoms. The van der Waals surface area contributed by atoms with Gasteiger partial charge in [-0.3, -0.25) is 4.21 Å². The Kier molecular flexibility index (Phi) is 3.82. The number of hydrogen-bond acceptors (Lipinski definition) is 2. The van der Waals surface area contributed by atoms with Crippen molar-refractivity contribution in [3.05, 3.63) is 46.1 Å². The van der Waals surface area contributed by atoms with Crippen LogP contribution in [0.15, 0.2) is 23.2 Å². The van der Waals surface area contributed by atoms with Crippen LogP contribution in [0.3, 0.4) is 0 Å². The van der Waals surface area contributed by atoms with Crippen LogP contribution in [0.2, 0.25) is 5.02 Å². The van der Waals surface area contributed by atoms with E-state index in [0.29, 0.717) is 17.3 Å². The molecule has 6 heteroatoms. The van der Waals surface area contributed by atoms with Gasteiger partial charge in [-0.25, -0.2) is 9.37 Å². The first kappa shape index (κ1) is 13.2. The molecule has 0 bridgehead atoms. The normalized spacial score (nSPS) is 12.7. The number of halogens is 2. The molecule has 0 saturated carbocycles. The number of imidazole rings is 1. The SMILES string of the molecule is Cc1[nH]c(Cc2ccc(Cl)c(F)c2)nc1S(C)=O. The van der Waals surface area contributed by atoms with Crippen LogP contribution < -0.4 is 0 Å². The van der Waals surface area contributed by atoms with Crippen molar-refractivity contribution in [2.45, 2.75) is 18.4 Å². The Balaban J connectivity index is 2.26. The summed E-state index contributed by atoms with van der Waals surface area (Å²) in [4.78, 5) is 7.29. The van der Waals surface area contributed by atoms with Gasteiger partial charge in [-0.2, -0.15) is 0 Å². The van der Waals surface area contributed by atoms with Crippen LogP contribution in [0.5, 0.6) is 0 Å². The smallest absolute Gasteiger partial charge is 0.147 e. The van der Waals surface area contributed by atoms with Gasteiger partial charge >= 0.3 is 0 Å². The Morgan fingerprint density at radius 2 is 2.22 bits per heavy atom. The molecule has 1 aromatic carbocycles. The number of rotatable bonds is 3. The van der Waals surface area contributed by atoms with Crippen LogP contribution in [-0.4, -0.2) is 20.4 Å². The molecule has 1 heterocycles. The molecule has 2 rings (SSSR count). The summed E-state index contributed by atoms with van der Waals surface area (Å²) in [6.45, 7) is 1.82. The fourth-order valence-corrected chi connectivity index (χ4v) is 2.55. The second-order valence-corrected chi connectivity index (χ2v) is 5.70. The molecule has 3 nitrogen and oxygen atoms in total.